The highest BCUT2D eigenvalue weighted by Gasteiger charge is 2.33. The molecule has 0 saturated heterocycles. The van der Waals surface area contributed by atoms with Gasteiger partial charge in [0.25, 0.3) is 0 Å². The Balaban J connectivity index is 1.70. The van der Waals surface area contributed by atoms with Crippen LogP contribution in [-0.4, -0.2) is 29.3 Å². The molecule has 0 bridgehead atoms. The van der Waals surface area contributed by atoms with Gasteiger partial charge in [-0.3, -0.25) is 0 Å². The highest BCUT2D eigenvalue weighted by atomic mass is 127. The van der Waals surface area contributed by atoms with Crippen molar-refractivity contribution in [3.63, 3.8) is 0 Å². The maximum absolute atomic E-state index is 6.00. The maximum Gasteiger partial charge on any atom is 0.0836 e. The summed E-state index contributed by atoms with van der Waals surface area (Å²) in [5, 5.41) is 0. The minimum atomic E-state index is 0.374. The number of hydrogen-bond acceptors (Lipinski definition) is 2. The normalized spacial score (nSPS) is 33.2. The fourth-order valence-corrected chi connectivity index (χ4v) is 3.30. The Hall–Kier alpha value is 0.650. The zero-order chi connectivity index (χ0) is 10.7. The first-order chi connectivity index (χ1) is 7.31. The third-order valence-corrected chi connectivity index (χ3v) is 4.80. The van der Waals surface area contributed by atoms with Gasteiger partial charge in [-0.15, -0.1) is 0 Å². The topological polar surface area (TPSA) is 18.5 Å². The van der Waals surface area contributed by atoms with E-state index in [9.17, 15) is 0 Å². The van der Waals surface area contributed by atoms with Gasteiger partial charge in [0.1, 0.15) is 0 Å². The van der Waals surface area contributed by atoms with Crippen molar-refractivity contribution in [2.75, 3.05) is 13.2 Å². The van der Waals surface area contributed by atoms with E-state index in [1.807, 2.05) is 0 Å². The molecule has 2 saturated carbocycles. The Morgan fingerprint density at radius 3 is 2.60 bits per heavy atom. The molecule has 0 aliphatic heterocycles. The lowest BCUT2D eigenvalue weighted by atomic mass is 10.2. The quantitative estimate of drug-likeness (QED) is 0.552. The molecule has 0 heterocycles. The number of ether oxygens (including phenoxy) is 2. The van der Waals surface area contributed by atoms with Crippen LogP contribution in [0.2, 0.25) is 0 Å². The molecule has 3 unspecified atom stereocenters. The number of halogens is 1. The Kier molecular flexibility index (Phi) is 4.70. The average molecular weight is 324 g/mol. The van der Waals surface area contributed by atoms with Gasteiger partial charge in [-0.2, -0.15) is 0 Å². The molecule has 15 heavy (non-hydrogen) atoms. The van der Waals surface area contributed by atoms with Crippen molar-refractivity contribution in [2.45, 2.75) is 55.2 Å². The molecule has 0 aromatic heterocycles. The summed E-state index contributed by atoms with van der Waals surface area (Å²) < 4.78 is 12.5. The Morgan fingerprint density at radius 1 is 1.27 bits per heavy atom. The first kappa shape index (κ1) is 12.1. The van der Waals surface area contributed by atoms with Crippen LogP contribution in [-0.2, 0) is 9.47 Å². The zero-order valence-electron chi connectivity index (χ0n) is 9.45. The molecule has 0 radical (unpaired) electrons. The third kappa shape index (κ3) is 3.56. The van der Waals surface area contributed by atoms with Crippen LogP contribution >= 0.6 is 22.6 Å². The maximum atomic E-state index is 6.00. The molecule has 3 atom stereocenters. The van der Waals surface area contributed by atoms with E-state index in [-0.39, 0.29) is 0 Å². The SMILES string of the molecule is CCOC(COC1CCCC1I)C1CC1. The van der Waals surface area contributed by atoms with E-state index in [0.29, 0.717) is 12.2 Å². The first-order valence-corrected chi connectivity index (χ1v) is 7.43. The minimum absolute atomic E-state index is 0.374. The van der Waals surface area contributed by atoms with Crippen LogP contribution in [0.15, 0.2) is 0 Å². The Labute approximate surface area is 106 Å². The number of alkyl halides is 1. The lowest BCUT2D eigenvalue weighted by molar-refractivity contribution is -0.0456. The van der Waals surface area contributed by atoms with Crippen molar-refractivity contribution < 1.29 is 9.47 Å². The van der Waals surface area contributed by atoms with Gasteiger partial charge >= 0.3 is 0 Å². The van der Waals surface area contributed by atoms with Crippen molar-refractivity contribution in [1.82, 2.24) is 0 Å². The molecule has 2 nitrogen and oxygen atoms in total. The van der Waals surface area contributed by atoms with Crippen molar-refractivity contribution in [1.29, 1.82) is 0 Å². The molecule has 88 valence electrons. The predicted molar refractivity (Wildman–Crippen MR) is 69.5 cm³/mol. The molecular weight excluding hydrogens is 303 g/mol. The van der Waals surface area contributed by atoms with Crippen LogP contribution < -0.4 is 0 Å². The van der Waals surface area contributed by atoms with Gasteiger partial charge in [0.05, 0.1) is 18.8 Å². The molecule has 2 rings (SSSR count). The van der Waals surface area contributed by atoms with Crippen LogP contribution in [0.1, 0.15) is 39.0 Å². The summed E-state index contributed by atoms with van der Waals surface area (Å²) >= 11 is 2.53. The second-order valence-electron chi connectivity index (χ2n) is 4.65. The molecule has 2 fully saturated rings. The summed E-state index contributed by atoms with van der Waals surface area (Å²) in [6, 6.07) is 0. The molecule has 0 aromatic rings. The van der Waals surface area contributed by atoms with Crippen LogP contribution in [0.3, 0.4) is 0 Å². The van der Waals surface area contributed by atoms with Crippen LogP contribution in [0.4, 0.5) is 0 Å². The zero-order valence-corrected chi connectivity index (χ0v) is 11.6. The fraction of sp³-hybridized carbons (Fsp3) is 1.00. The first-order valence-electron chi connectivity index (χ1n) is 6.18. The van der Waals surface area contributed by atoms with Crippen molar-refractivity contribution >= 4 is 22.6 Å². The molecule has 0 amide bonds. The summed E-state index contributed by atoms with van der Waals surface area (Å²) in [7, 11) is 0. The van der Waals surface area contributed by atoms with Gasteiger partial charge in [-0.25, -0.2) is 0 Å². The summed E-state index contributed by atoms with van der Waals surface area (Å²) in [4.78, 5) is 0. The van der Waals surface area contributed by atoms with Crippen molar-refractivity contribution in [3.8, 4) is 0 Å². The van der Waals surface area contributed by atoms with Gasteiger partial charge in [0.15, 0.2) is 0 Å². The average Bonchev–Trinajstić information content (AvgIpc) is 2.98. The molecule has 0 N–H and O–H groups in total. The molecule has 2 aliphatic carbocycles. The molecular formula is C12H21IO2. The van der Waals surface area contributed by atoms with Gasteiger partial charge < -0.3 is 9.47 Å². The summed E-state index contributed by atoms with van der Waals surface area (Å²) in [5.74, 6) is 0.791. The van der Waals surface area contributed by atoms with Gasteiger partial charge in [-0.05, 0) is 44.9 Å². The number of hydrogen-bond donors (Lipinski definition) is 0. The van der Waals surface area contributed by atoms with Crippen LogP contribution in [0.5, 0.6) is 0 Å². The van der Waals surface area contributed by atoms with E-state index in [2.05, 4.69) is 29.5 Å². The molecule has 0 aromatic carbocycles. The van der Waals surface area contributed by atoms with Crippen molar-refractivity contribution in [3.05, 3.63) is 0 Å². The van der Waals surface area contributed by atoms with Crippen LogP contribution in [0, 0.1) is 5.92 Å². The van der Waals surface area contributed by atoms with E-state index >= 15 is 0 Å². The standard InChI is InChI=1S/C12H21IO2/c1-2-14-12(9-6-7-9)8-15-11-5-3-4-10(11)13/h9-12H,2-8H2,1H3. The third-order valence-electron chi connectivity index (χ3n) is 3.38. The van der Waals surface area contributed by atoms with E-state index in [0.717, 1.165) is 23.1 Å². The summed E-state index contributed by atoms with van der Waals surface area (Å²) in [6.07, 6.45) is 7.46. The molecule has 2 aliphatic rings. The summed E-state index contributed by atoms with van der Waals surface area (Å²) in [5.41, 5.74) is 0. The van der Waals surface area contributed by atoms with Gasteiger partial charge in [-0.1, -0.05) is 22.6 Å². The van der Waals surface area contributed by atoms with E-state index < -0.39 is 0 Å². The molecule has 0 spiro atoms. The highest BCUT2D eigenvalue weighted by Crippen LogP contribution is 2.35. The lowest BCUT2D eigenvalue weighted by Crippen LogP contribution is -2.28. The summed E-state index contributed by atoms with van der Waals surface area (Å²) in [6.45, 7) is 3.72. The Bertz CT molecular complexity index is 194. The van der Waals surface area contributed by atoms with E-state index in [4.69, 9.17) is 9.47 Å². The lowest BCUT2D eigenvalue weighted by Gasteiger charge is -2.21. The van der Waals surface area contributed by atoms with Crippen LogP contribution in [0.25, 0.3) is 0 Å². The van der Waals surface area contributed by atoms with E-state index in [1.54, 1.807) is 0 Å². The Morgan fingerprint density at radius 2 is 2.07 bits per heavy atom. The minimum Gasteiger partial charge on any atom is -0.376 e. The second kappa shape index (κ2) is 5.82. The largest absolute Gasteiger partial charge is 0.376 e. The second-order valence-corrected chi connectivity index (χ2v) is 6.25. The molecule has 3 heteroatoms. The highest BCUT2D eigenvalue weighted by molar-refractivity contribution is 14.1. The number of rotatable bonds is 6. The van der Waals surface area contributed by atoms with E-state index in [1.165, 1.54) is 32.1 Å². The fourth-order valence-electron chi connectivity index (χ4n) is 2.29. The van der Waals surface area contributed by atoms with Gasteiger partial charge in [0, 0.05) is 10.5 Å². The smallest absolute Gasteiger partial charge is 0.0836 e. The van der Waals surface area contributed by atoms with Gasteiger partial charge in [0.2, 0.25) is 0 Å². The predicted octanol–water partition coefficient (Wildman–Crippen LogP) is 3.17. The van der Waals surface area contributed by atoms with Crippen molar-refractivity contribution in [2.24, 2.45) is 5.92 Å². The monoisotopic (exact) mass is 324 g/mol.